The number of sulfonamides is 1. The average Bonchev–Trinajstić information content (AvgIpc) is 2.69. The van der Waals surface area contributed by atoms with Gasteiger partial charge in [0.1, 0.15) is 0 Å². The average molecular weight is 457 g/mol. The normalized spacial score (nSPS) is 11.5. The first kappa shape index (κ1) is 23.0. The van der Waals surface area contributed by atoms with Crippen molar-refractivity contribution in [1.29, 1.82) is 0 Å². The molecule has 3 aromatic carbocycles. The number of carbonyl (C=O) groups excluding carboxylic acids is 1. The number of nitrogens with one attached hydrogen (secondary N) is 1. The van der Waals surface area contributed by atoms with Crippen molar-refractivity contribution < 1.29 is 13.2 Å². The molecule has 7 heteroatoms. The number of nitrogens with zero attached hydrogens (tertiary/aromatic N) is 1. The maximum atomic E-state index is 13.7. The summed E-state index contributed by atoms with van der Waals surface area (Å²) in [7, 11) is -3.92. The molecule has 0 aromatic heterocycles. The lowest BCUT2D eigenvalue weighted by Crippen LogP contribution is -2.38. The van der Waals surface area contributed by atoms with Crippen LogP contribution in [0.1, 0.15) is 22.3 Å². The third kappa shape index (κ3) is 5.73. The second-order valence-corrected chi connectivity index (χ2v) is 9.85. The first-order chi connectivity index (χ1) is 14.7. The molecule has 0 heterocycles. The van der Waals surface area contributed by atoms with Gasteiger partial charge >= 0.3 is 0 Å². The molecule has 1 amide bonds. The van der Waals surface area contributed by atoms with Gasteiger partial charge in [0.25, 0.3) is 0 Å². The molecule has 0 saturated heterocycles. The lowest BCUT2D eigenvalue weighted by molar-refractivity contribution is -0.116. The summed E-state index contributed by atoms with van der Waals surface area (Å²) in [5.41, 5.74) is 3.66. The van der Waals surface area contributed by atoms with Gasteiger partial charge in [0.15, 0.2) is 0 Å². The highest BCUT2D eigenvalue weighted by atomic mass is 35.5. The van der Waals surface area contributed by atoms with Crippen molar-refractivity contribution >= 4 is 33.2 Å². The van der Waals surface area contributed by atoms with E-state index in [0.717, 1.165) is 11.1 Å². The Labute approximate surface area is 188 Å². The summed E-state index contributed by atoms with van der Waals surface area (Å²) in [6.07, 6.45) is 0. The second-order valence-electron chi connectivity index (χ2n) is 7.54. The van der Waals surface area contributed by atoms with E-state index in [2.05, 4.69) is 5.32 Å². The predicted octanol–water partition coefficient (Wildman–Crippen LogP) is 5.09. The van der Waals surface area contributed by atoms with E-state index in [1.165, 1.54) is 4.31 Å². The Hall–Kier alpha value is -2.67. The largest absolute Gasteiger partial charge is 0.325 e. The highest BCUT2D eigenvalue weighted by molar-refractivity contribution is 7.89. The number of anilines is 1. The van der Waals surface area contributed by atoms with Gasteiger partial charge < -0.3 is 5.32 Å². The predicted molar refractivity (Wildman–Crippen MR) is 125 cm³/mol. The molecule has 0 unspecified atom stereocenters. The molecule has 3 rings (SSSR count). The molecule has 0 bridgehead atoms. The van der Waals surface area contributed by atoms with Gasteiger partial charge in [-0.2, -0.15) is 4.31 Å². The smallest absolute Gasteiger partial charge is 0.244 e. The Kier molecular flexibility index (Phi) is 7.15. The van der Waals surface area contributed by atoms with Crippen LogP contribution in [0.4, 0.5) is 5.69 Å². The molecule has 0 spiro atoms. The van der Waals surface area contributed by atoms with Crippen LogP contribution in [0.5, 0.6) is 0 Å². The minimum atomic E-state index is -3.92. The van der Waals surface area contributed by atoms with Gasteiger partial charge in [0.05, 0.1) is 11.4 Å². The Bertz CT molecular complexity index is 1150. The molecule has 0 saturated carbocycles. The minimum absolute atomic E-state index is 0.0873. The highest BCUT2D eigenvalue weighted by Crippen LogP contribution is 2.26. The quantitative estimate of drug-likeness (QED) is 0.538. The van der Waals surface area contributed by atoms with E-state index in [0.29, 0.717) is 21.8 Å². The van der Waals surface area contributed by atoms with Gasteiger partial charge in [0, 0.05) is 17.3 Å². The van der Waals surface area contributed by atoms with Crippen LogP contribution in [0.2, 0.25) is 5.02 Å². The van der Waals surface area contributed by atoms with Crippen LogP contribution in [0.3, 0.4) is 0 Å². The van der Waals surface area contributed by atoms with E-state index < -0.39 is 15.9 Å². The summed E-state index contributed by atoms with van der Waals surface area (Å²) in [6.45, 7) is 5.26. The first-order valence-electron chi connectivity index (χ1n) is 9.84. The van der Waals surface area contributed by atoms with E-state index in [-0.39, 0.29) is 18.0 Å². The van der Waals surface area contributed by atoms with E-state index in [1.807, 2.05) is 49.4 Å². The van der Waals surface area contributed by atoms with Gasteiger partial charge in [-0.25, -0.2) is 8.42 Å². The Morgan fingerprint density at radius 2 is 1.52 bits per heavy atom. The molecule has 0 aliphatic rings. The number of hydrogen-bond acceptors (Lipinski definition) is 3. The van der Waals surface area contributed by atoms with E-state index in [4.69, 9.17) is 11.6 Å². The first-order valence-corrected chi connectivity index (χ1v) is 11.7. The van der Waals surface area contributed by atoms with Gasteiger partial charge in [-0.05, 0) is 61.7 Å². The molecule has 3 aromatic rings. The lowest BCUT2D eigenvalue weighted by Gasteiger charge is -2.24. The van der Waals surface area contributed by atoms with E-state index >= 15 is 0 Å². The van der Waals surface area contributed by atoms with Crippen molar-refractivity contribution in [1.82, 2.24) is 4.31 Å². The van der Waals surface area contributed by atoms with Crippen LogP contribution in [0.15, 0.2) is 71.6 Å². The van der Waals surface area contributed by atoms with Gasteiger partial charge in [-0.1, -0.05) is 59.6 Å². The zero-order chi connectivity index (χ0) is 22.6. The maximum absolute atomic E-state index is 13.7. The molecule has 0 aliphatic carbocycles. The van der Waals surface area contributed by atoms with Crippen LogP contribution in [-0.4, -0.2) is 25.2 Å². The van der Waals surface area contributed by atoms with Gasteiger partial charge in [-0.15, -0.1) is 0 Å². The third-order valence-corrected chi connectivity index (χ3v) is 7.20. The molecule has 162 valence electrons. The van der Waals surface area contributed by atoms with Gasteiger partial charge in [0.2, 0.25) is 15.9 Å². The third-order valence-electron chi connectivity index (χ3n) is 4.85. The molecule has 31 heavy (non-hydrogen) atoms. The van der Waals surface area contributed by atoms with Crippen LogP contribution < -0.4 is 5.32 Å². The van der Waals surface area contributed by atoms with Crippen molar-refractivity contribution in [2.45, 2.75) is 32.2 Å². The maximum Gasteiger partial charge on any atom is 0.244 e. The van der Waals surface area contributed by atoms with E-state index in [9.17, 15) is 13.2 Å². The standard InChI is InChI=1S/C24H25ClN2O3S/c1-17-13-18(2)24(19(3)14-17)31(29,30)27(15-20-7-5-4-6-8-20)16-23(28)26-22-11-9-21(25)10-12-22/h4-14H,15-16H2,1-3H3,(H,26,28). The topological polar surface area (TPSA) is 66.5 Å². The number of carbonyl (C=O) groups is 1. The summed E-state index contributed by atoms with van der Waals surface area (Å²) in [4.78, 5) is 13.0. The van der Waals surface area contributed by atoms with Crippen LogP contribution in [0, 0.1) is 20.8 Å². The number of aryl methyl sites for hydroxylation is 3. The Morgan fingerprint density at radius 1 is 0.935 bits per heavy atom. The van der Waals surface area contributed by atoms with Crippen molar-refractivity contribution in [3.8, 4) is 0 Å². The highest BCUT2D eigenvalue weighted by Gasteiger charge is 2.30. The molecule has 0 atom stereocenters. The summed E-state index contributed by atoms with van der Waals surface area (Å²) < 4.78 is 28.5. The molecule has 0 fully saturated rings. The molecule has 0 aliphatic heterocycles. The van der Waals surface area contributed by atoms with Crippen LogP contribution >= 0.6 is 11.6 Å². The molecule has 1 N–H and O–H groups in total. The summed E-state index contributed by atoms with van der Waals surface area (Å²) >= 11 is 5.89. The van der Waals surface area contributed by atoms with Gasteiger partial charge in [-0.3, -0.25) is 4.79 Å². The minimum Gasteiger partial charge on any atom is -0.325 e. The Morgan fingerprint density at radius 3 is 2.10 bits per heavy atom. The summed E-state index contributed by atoms with van der Waals surface area (Å²) in [6, 6.07) is 19.6. The SMILES string of the molecule is Cc1cc(C)c(S(=O)(=O)N(CC(=O)Nc2ccc(Cl)cc2)Cc2ccccc2)c(C)c1. The molecule has 0 radical (unpaired) electrons. The van der Waals surface area contributed by atoms with Crippen LogP contribution in [0.25, 0.3) is 0 Å². The number of halogens is 1. The molecule has 5 nitrogen and oxygen atoms in total. The second kappa shape index (κ2) is 9.64. The number of hydrogen-bond donors (Lipinski definition) is 1. The van der Waals surface area contributed by atoms with Crippen LogP contribution in [-0.2, 0) is 21.4 Å². The number of rotatable bonds is 7. The number of amides is 1. The molecular formula is C24H25ClN2O3S. The zero-order valence-electron chi connectivity index (χ0n) is 17.7. The zero-order valence-corrected chi connectivity index (χ0v) is 19.3. The van der Waals surface area contributed by atoms with Crippen molar-refractivity contribution in [3.63, 3.8) is 0 Å². The lowest BCUT2D eigenvalue weighted by atomic mass is 10.1. The van der Waals surface area contributed by atoms with Crippen molar-refractivity contribution in [2.75, 3.05) is 11.9 Å². The van der Waals surface area contributed by atoms with Crippen molar-refractivity contribution in [3.05, 3.63) is 94.0 Å². The van der Waals surface area contributed by atoms with E-state index in [1.54, 1.807) is 38.1 Å². The monoisotopic (exact) mass is 456 g/mol. The van der Waals surface area contributed by atoms with Crippen molar-refractivity contribution in [2.24, 2.45) is 0 Å². The fourth-order valence-electron chi connectivity index (χ4n) is 3.61. The number of benzene rings is 3. The summed E-state index contributed by atoms with van der Waals surface area (Å²) in [5, 5.41) is 3.30. The Balaban J connectivity index is 1.94. The fourth-order valence-corrected chi connectivity index (χ4v) is 5.53. The summed E-state index contributed by atoms with van der Waals surface area (Å²) in [5.74, 6) is -0.427. The molecular weight excluding hydrogens is 432 g/mol. The fraction of sp³-hybridized carbons (Fsp3) is 0.208.